The molecule has 0 unspecified atom stereocenters. The van der Waals surface area contributed by atoms with Gasteiger partial charge in [0.1, 0.15) is 5.75 Å². The topological polar surface area (TPSA) is 21.3 Å². The molecule has 1 aliphatic rings. The van der Waals surface area contributed by atoms with Crippen molar-refractivity contribution in [2.75, 3.05) is 7.11 Å². The zero-order valence-electron chi connectivity index (χ0n) is 12.5. The zero-order valence-corrected chi connectivity index (χ0v) is 12.5. The van der Waals surface area contributed by atoms with Gasteiger partial charge in [-0.05, 0) is 44.6 Å². The molecule has 1 aromatic rings. The number of nitrogens with one attached hydrogen (secondary N) is 1. The number of ether oxygens (including phenoxy) is 1. The van der Waals surface area contributed by atoms with Gasteiger partial charge in [-0.25, -0.2) is 0 Å². The summed E-state index contributed by atoms with van der Waals surface area (Å²) in [4.78, 5) is 0. The minimum Gasteiger partial charge on any atom is -0.496 e. The summed E-state index contributed by atoms with van der Waals surface area (Å²) in [5.41, 5.74) is 2.58. The third-order valence-electron chi connectivity index (χ3n) is 4.44. The summed E-state index contributed by atoms with van der Waals surface area (Å²) >= 11 is 0. The molecule has 0 saturated heterocycles. The van der Waals surface area contributed by atoms with Crippen LogP contribution in [-0.2, 0) is 6.54 Å². The molecule has 1 fully saturated rings. The van der Waals surface area contributed by atoms with E-state index in [9.17, 15) is 0 Å². The Morgan fingerprint density at radius 1 is 1.21 bits per heavy atom. The smallest absolute Gasteiger partial charge is 0.123 e. The summed E-state index contributed by atoms with van der Waals surface area (Å²) in [6, 6.07) is 7.09. The average Bonchev–Trinajstić information content (AvgIpc) is 2.46. The van der Waals surface area contributed by atoms with Crippen LogP contribution in [0.3, 0.4) is 0 Å². The van der Waals surface area contributed by atoms with E-state index in [-0.39, 0.29) is 0 Å². The number of methoxy groups -OCH3 is 1. The summed E-state index contributed by atoms with van der Waals surface area (Å²) in [7, 11) is 1.75. The summed E-state index contributed by atoms with van der Waals surface area (Å²) in [6.07, 6.45) is 6.77. The van der Waals surface area contributed by atoms with Crippen molar-refractivity contribution in [3.05, 3.63) is 29.3 Å². The molecule has 0 amide bonds. The van der Waals surface area contributed by atoms with Gasteiger partial charge in [0.05, 0.1) is 7.11 Å². The van der Waals surface area contributed by atoms with E-state index >= 15 is 0 Å². The second kappa shape index (κ2) is 6.95. The van der Waals surface area contributed by atoms with Crippen molar-refractivity contribution in [3.63, 3.8) is 0 Å². The fourth-order valence-electron chi connectivity index (χ4n) is 3.07. The van der Waals surface area contributed by atoms with Gasteiger partial charge in [0, 0.05) is 18.2 Å². The molecule has 0 heterocycles. The van der Waals surface area contributed by atoms with Crippen molar-refractivity contribution in [1.29, 1.82) is 0 Å². The van der Waals surface area contributed by atoms with Crippen molar-refractivity contribution in [2.45, 2.75) is 58.5 Å². The van der Waals surface area contributed by atoms with Crippen molar-refractivity contribution in [1.82, 2.24) is 5.32 Å². The van der Waals surface area contributed by atoms with Gasteiger partial charge in [-0.15, -0.1) is 0 Å². The van der Waals surface area contributed by atoms with E-state index in [2.05, 4.69) is 37.4 Å². The highest BCUT2D eigenvalue weighted by Crippen LogP contribution is 2.27. The van der Waals surface area contributed by atoms with Gasteiger partial charge >= 0.3 is 0 Å². The normalized spacial score (nSPS) is 23.3. The third-order valence-corrected chi connectivity index (χ3v) is 4.44. The Kier molecular flexibility index (Phi) is 5.26. The van der Waals surface area contributed by atoms with Gasteiger partial charge in [0.25, 0.3) is 0 Å². The fraction of sp³-hybridized carbons (Fsp3) is 0.647. The van der Waals surface area contributed by atoms with Crippen molar-refractivity contribution in [2.24, 2.45) is 5.92 Å². The van der Waals surface area contributed by atoms with E-state index in [0.29, 0.717) is 6.04 Å². The van der Waals surface area contributed by atoms with Gasteiger partial charge < -0.3 is 10.1 Å². The van der Waals surface area contributed by atoms with Crippen LogP contribution in [0.2, 0.25) is 0 Å². The van der Waals surface area contributed by atoms with Crippen molar-refractivity contribution >= 4 is 0 Å². The molecule has 0 spiro atoms. The van der Waals surface area contributed by atoms with Crippen LogP contribution in [0, 0.1) is 12.8 Å². The highest BCUT2D eigenvalue weighted by atomic mass is 16.5. The second-order valence-corrected chi connectivity index (χ2v) is 5.82. The summed E-state index contributed by atoms with van der Waals surface area (Å²) in [5, 5.41) is 3.70. The molecule has 0 radical (unpaired) electrons. The first-order chi connectivity index (χ1) is 9.22. The SMILES string of the molecule is CCC1CCC(NCc2cc(C)ccc2OC)CC1. The molecule has 2 nitrogen and oxygen atoms in total. The predicted molar refractivity (Wildman–Crippen MR) is 80.6 cm³/mol. The molecule has 1 N–H and O–H groups in total. The number of benzene rings is 1. The second-order valence-electron chi connectivity index (χ2n) is 5.82. The first-order valence-corrected chi connectivity index (χ1v) is 7.59. The largest absolute Gasteiger partial charge is 0.496 e. The molecule has 19 heavy (non-hydrogen) atoms. The zero-order chi connectivity index (χ0) is 13.7. The van der Waals surface area contributed by atoms with E-state index < -0.39 is 0 Å². The Morgan fingerprint density at radius 2 is 1.95 bits per heavy atom. The molecule has 2 rings (SSSR count). The van der Waals surface area contributed by atoms with Crippen LogP contribution in [0.15, 0.2) is 18.2 Å². The number of hydrogen-bond acceptors (Lipinski definition) is 2. The Balaban J connectivity index is 1.87. The van der Waals surface area contributed by atoms with Crippen LogP contribution in [0.25, 0.3) is 0 Å². The van der Waals surface area contributed by atoms with Crippen LogP contribution in [0.4, 0.5) is 0 Å². The maximum absolute atomic E-state index is 5.43. The lowest BCUT2D eigenvalue weighted by Gasteiger charge is -2.28. The molecular weight excluding hydrogens is 234 g/mol. The lowest BCUT2D eigenvalue weighted by Crippen LogP contribution is -2.32. The molecule has 0 bridgehead atoms. The molecule has 0 aliphatic heterocycles. The van der Waals surface area contributed by atoms with Crippen molar-refractivity contribution < 1.29 is 4.74 Å². The summed E-state index contributed by atoms with van der Waals surface area (Å²) in [6.45, 7) is 5.37. The number of rotatable bonds is 5. The van der Waals surface area contributed by atoms with Crippen LogP contribution in [-0.4, -0.2) is 13.2 Å². The van der Waals surface area contributed by atoms with E-state index in [0.717, 1.165) is 18.2 Å². The lowest BCUT2D eigenvalue weighted by molar-refractivity contribution is 0.284. The van der Waals surface area contributed by atoms with Crippen LogP contribution < -0.4 is 10.1 Å². The van der Waals surface area contributed by atoms with Crippen LogP contribution in [0.5, 0.6) is 5.75 Å². The van der Waals surface area contributed by atoms with Gasteiger partial charge in [-0.3, -0.25) is 0 Å². The maximum Gasteiger partial charge on any atom is 0.123 e. The van der Waals surface area contributed by atoms with Gasteiger partial charge in [-0.1, -0.05) is 31.0 Å². The number of aryl methyl sites for hydroxylation is 1. The monoisotopic (exact) mass is 261 g/mol. The summed E-state index contributed by atoms with van der Waals surface area (Å²) in [5.74, 6) is 1.96. The molecule has 0 aromatic heterocycles. The Hall–Kier alpha value is -1.02. The highest BCUT2D eigenvalue weighted by Gasteiger charge is 2.19. The minimum atomic E-state index is 0.688. The van der Waals surface area contributed by atoms with Crippen LogP contribution in [0.1, 0.15) is 50.2 Å². The quantitative estimate of drug-likeness (QED) is 0.863. The molecule has 106 valence electrons. The third kappa shape index (κ3) is 3.97. The molecule has 0 atom stereocenters. The van der Waals surface area contributed by atoms with E-state index in [4.69, 9.17) is 4.74 Å². The minimum absolute atomic E-state index is 0.688. The van der Waals surface area contributed by atoms with E-state index in [1.165, 1.54) is 43.2 Å². The summed E-state index contributed by atoms with van der Waals surface area (Å²) < 4.78 is 5.43. The first kappa shape index (κ1) is 14.4. The first-order valence-electron chi connectivity index (χ1n) is 7.59. The molecule has 1 aromatic carbocycles. The molecule has 1 aliphatic carbocycles. The standard InChI is InChI=1S/C17H27NO/c1-4-14-6-8-16(9-7-14)18-12-15-11-13(2)5-10-17(15)19-3/h5,10-11,14,16,18H,4,6-9,12H2,1-3H3. The Labute approximate surface area is 117 Å². The van der Waals surface area contributed by atoms with E-state index in [1.807, 2.05) is 0 Å². The Bertz CT molecular complexity index is 394. The van der Waals surface area contributed by atoms with Gasteiger partial charge in [0.2, 0.25) is 0 Å². The number of hydrogen-bond donors (Lipinski definition) is 1. The molecule has 1 saturated carbocycles. The average molecular weight is 261 g/mol. The van der Waals surface area contributed by atoms with Gasteiger partial charge in [0.15, 0.2) is 0 Å². The lowest BCUT2D eigenvalue weighted by atomic mass is 9.84. The van der Waals surface area contributed by atoms with Gasteiger partial charge in [-0.2, -0.15) is 0 Å². The fourth-order valence-corrected chi connectivity index (χ4v) is 3.07. The van der Waals surface area contributed by atoms with E-state index in [1.54, 1.807) is 7.11 Å². The predicted octanol–water partition coefficient (Wildman–Crippen LogP) is 4.06. The highest BCUT2D eigenvalue weighted by molar-refractivity contribution is 5.36. The van der Waals surface area contributed by atoms with Crippen molar-refractivity contribution in [3.8, 4) is 5.75 Å². The maximum atomic E-state index is 5.43. The molecule has 2 heteroatoms. The Morgan fingerprint density at radius 3 is 2.58 bits per heavy atom. The van der Waals surface area contributed by atoms with Crippen LogP contribution >= 0.6 is 0 Å². The molecular formula is C17H27NO.